The van der Waals surface area contributed by atoms with E-state index in [-0.39, 0.29) is 36.6 Å². The van der Waals surface area contributed by atoms with Crippen molar-refractivity contribution < 1.29 is 22.8 Å². The Labute approximate surface area is 231 Å². The molecule has 1 aliphatic heterocycles. The molecule has 1 N–H and O–H groups in total. The molecule has 0 radical (unpaired) electrons. The van der Waals surface area contributed by atoms with Gasteiger partial charge in [-0.05, 0) is 53.4 Å². The van der Waals surface area contributed by atoms with E-state index < -0.39 is 0 Å². The van der Waals surface area contributed by atoms with Crippen LogP contribution in [0.5, 0.6) is 5.75 Å². The molecule has 5 aromatic rings. The van der Waals surface area contributed by atoms with E-state index in [1.807, 2.05) is 42.5 Å². The second kappa shape index (κ2) is 11.6. The number of hydrogen-bond donors (Lipinski definition) is 1. The summed E-state index contributed by atoms with van der Waals surface area (Å²) < 4.78 is 31.3. The van der Waals surface area contributed by atoms with Crippen LogP contribution in [0.4, 0.5) is 4.39 Å². The number of fused-ring (bicyclic) bond motifs is 1. The van der Waals surface area contributed by atoms with Crippen LogP contribution >= 0.6 is 0 Å². The van der Waals surface area contributed by atoms with Crippen molar-refractivity contribution in [1.29, 1.82) is 0 Å². The van der Waals surface area contributed by atoms with E-state index in [1.165, 1.54) is 17.9 Å². The molecule has 3 aromatic carbocycles. The highest BCUT2D eigenvalue weighted by molar-refractivity contribution is 5.91. The number of aromatic nitrogens is 1. The standard InChI is InChI=1S/C32H28FN3O4/c33-28-11-5-4-9-24(28)19-36-15-14-22-12-13-25(17-27(22)31(36)23-7-2-1-3-8-23)39-21-30-35-29(20-40-30)32(37)34-18-26-10-6-16-38-26/h1-13,16-17,20,31H,14-15,18-19,21H2,(H,34,37). The molecule has 2 aromatic heterocycles. The van der Waals surface area contributed by atoms with Crippen molar-refractivity contribution in [3.05, 3.63) is 143 Å². The number of amides is 1. The molecule has 0 fully saturated rings. The number of ether oxygens (including phenoxy) is 1. The summed E-state index contributed by atoms with van der Waals surface area (Å²) in [6, 6.07) is 26.7. The van der Waals surface area contributed by atoms with Crippen molar-refractivity contribution in [2.75, 3.05) is 6.54 Å². The summed E-state index contributed by atoms with van der Waals surface area (Å²) in [5, 5.41) is 2.74. The normalized spacial score (nSPS) is 15.0. The molecule has 1 aliphatic rings. The van der Waals surface area contributed by atoms with E-state index in [0.717, 1.165) is 24.1 Å². The molecule has 0 spiro atoms. The quantitative estimate of drug-likeness (QED) is 0.246. The highest BCUT2D eigenvalue weighted by Crippen LogP contribution is 2.38. The summed E-state index contributed by atoms with van der Waals surface area (Å²) in [5.74, 6) is 1.04. The largest absolute Gasteiger partial charge is 0.484 e. The van der Waals surface area contributed by atoms with Gasteiger partial charge >= 0.3 is 0 Å². The Balaban J connectivity index is 1.18. The molecule has 6 rings (SSSR count). The molecule has 1 atom stereocenters. The van der Waals surface area contributed by atoms with E-state index in [4.69, 9.17) is 13.6 Å². The molecule has 0 aliphatic carbocycles. The lowest BCUT2D eigenvalue weighted by molar-refractivity contribution is 0.0943. The number of oxazole rings is 1. The molecule has 7 nitrogen and oxygen atoms in total. The molecular formula is C32H28FN3O4. The van der Waals surface area contributed by atoms with Crippen molar-refractivity contribution in [2.24, 2.45) is 0 Å². The number of benzene rings is 3. The Morgan fingerprint density at radius 2 is 1.88 bits per heavy atom. The lowest BCUT2D eigenvalue weighted by atomic mass is 9.87. The van der Waals surface area contributed by atoms with Crippen LogP contribution in [0.25, 0.3) is 0 Å². The van der Waals surface area contributed by atoms with Crippen LogP contribution in [0.15, 0.2) is 106 Å². The van der Waals surface area contributed by atoms with Crippen LogP contribution in [0.3, 0.4) is 0 Å². The lowest BCUT2D eigenvalue weighted by Crippen LogP contribution is -2.36. The summed E-state index contributed by atoms with van der Waals surface area (Å²) in [5.41, 5.74) is 4.33. The van der Waals surface area contributed by atoms with Gasteiger partial charge in [0.15, 0.2) is 12.3 Å². The smallest absolute Gasteiger partial charge is 0.273 e. The minimum atomic E-state index is -0.360. The number of halogens is 1. The number of furan rings is 1. The fraction of sp³-hybridized carbons (Fsp3) is 0.188. The maximum atomic E-state index is 14.6. The molecule has 0 bridgehead atoms. The average molecular weight is 538 g/mol. The molecular weight excluding hydrogens is 509 g/mol. The zero-order chi connectivity index (χ0) is 27.3. The Morgan fingerprint density at radius 3 is 2.70 bits per heavy atom. The average Bonchev–Trinajstić information content (AvgIpc) is 3.69. The first-order valence-electron chi connectivity index (χ1n) is 13.2. The third-order valence-electron chi connectivity index (χ3n) is 7.04. The zero-order valence-corrected chi connectivity index (χ0v) is 21.8. The van der Waals surface area contributed by atoms with E-state index in [0.29, 0.717) is 29.5 Å². The van der Waals surface area contributed by atoms with Crippen LogP contribution in [0.1, 0.15) is 50.4 Å². The van der Waals surface area contributed by atoms with Crippen LogP contribution in [0.2, 0.25) is 0 Å². The van der Waals surface area contributed by atoms with Gasteiger partial charge in [-0.3, -0.25) is 9.69 Å². The highest BCUT2D eigenvalue weighted by atomic mass is 19.1. The maximum Gasteiger partial charge on any atom is 0.273 e. The van der Waals surface area contributed by atoms with Crippen molar-refractivity contribution in [3.8, 4) is 5.75 Å². The minimum absolute atomic E-state index is 0.0562. The monoisotopic (exact) mass is 537 g/mol. The van der Waals surface area contributed by atoms with Gasteiger partial charge in [-0.1, -0.05) is 54.6 Å². The van der Waals surface area contributed by atoms with Gasteiger partial charge in [0.2, 0.25) is 5.89 Å². The SMILES string of the molecule is O=C(NCc1ccco1)c1coc(COc2ccc3c(c2)C(c2ccccc2)N(Cc2ccccc2F)CC3)n1. The topological polar surface area (TPSA) is 80.7 Å². The van der Waals surface area contributed by atoms with Gasteiger partial charge in [-0.25, -0.2) is 9.37 Å². The molecule has 0 saturated heterocycles. The first-order chi connectivity index (χ1) is 19.6. The summed E-state index contributed by atoms with van der Waals surface area (Å²) >= 11 is 0. The number of carbonyl (C=O) groups is 1. The van der Waals surface area contributed by atoms with Crippen molar-refractivity contribution >= 4 is 5.91 Å². The molecule has 202 valence electrons. The van der Waals surface area contributed by atoms with Gasteiger partial charge in [-0.2, -0.15) is 0 Å². The second-order valence-corrected chi connectivity index (χ2v) is 9.66. The number of rotatable bonds is 9. The molecule has 1 unspecified atom stereocenters. The van der Waals surface area contributed by atoms with Crippen molar-refractivity contribution in [1.82, 2.24) is 15.2 Å². The number of hydrogen-bond acceptors (Lipinski definition) is 6. The summed E-state index contributed by atoms with van der Waals surface area (Å²) in [7, 11) is 0. The Kier molecular flexibility index (Phi) is 7.41. The van der Waals surface area contributed by atoms with E-state index in [9.17, 15) is 9.18 Å². The van der Waals surface area contributed by atoms with Crippen LogP contribution < -0.4 is 10.1 Å². The predicted molar refractivity (Wildman–Crippen MR) is 146 cm³/mol. The number of nitrogens with one attached hydrogen (secondary N) is 1. The highest BCUT2D eigenvalue weighted by Gasteiger charge is 2.30. The summed E-state index contributed by atoms with van der Waals surface area (Å²) in [4.78, 5) is 19.0. The van der Waals surface area contributed by atoms with Crippen LogP contribution in [0, 0.1) is 5.82 Å². The van der Waals surface area contributed by atoms with Gasteiger partial charge in [0.1, 0.15) is 23.6 Å². The van der Waals surface area contributed by atoms with Gasteiger partial charge in [-0.15, -0.1) is 0 Å². The van der Waals surface area contributed by atoms with Gasteiger partial charge in [0, 0.05) is 18.7 Å². The maximum absolute atomic E-state index is 14.6. The first-order valence-corrected chi connectivity index (χ1v) is 13.2. The number of nitrogens with zero attached hydrogens (tertiary/aromatic N) is 2. The Hall–Kier alpha value is -4.69. The van der Waals surface area contributed by atoms with Gasteiger partial charge in [0.25, 0.3) is 5.91 Å². The van der Waals surface area contributed by atoms with Crippen LogP contribution in [-0.4, -0.2) is 22.3 Å². The van der Waals surface area contributed by atoms with Crippen molar-refractivity contribution in [3.63, 3.8) is 0 Å². The van der Waals surface area contributed by atoms with Gasteiger partial charge in [0.05, 0.1) is 18.8 Å². The number of carbonyl (C=O) groups excluding carboxylic acids is 1. The third kappa shape index (κ3) is 5.67. The molecule has 8 heteroatoms. The minimum Gasteiger partial charge on any atom is -0.484 e. The second-order valence-electron chi connectivity index (χ2n) is 9.66. The van der Waals surface area contributed by atoms with Crippen LogP contribution in [-0.2, 0) is 26.1 Å². The molecule has 1 amide bonds. The summed E-state index contributed by atoms with van der Waals surface area (Å²) in [6.07, 6.45) is 3.72. The van der Waals surface area contributed by atoms with Crippen molar-refractivity contribution in [2.45, 2.75) is 32.2 Å². The van der Waals surface area contributed by atoms with E-state index in [2.05, 4.69) is 33.4 Å². The van der Waals surface area contributed by atoms with E-state index in [1.54, 1.807) is 24.5 Å². The van der Waals surface area contributed by atoms with Gasteiger partial charge < -0.3 is 18.9 Å². The summed E-state index contributed by atoms with van der Waals surface area (Å²) in [6.45, 7) is 1.63. The fourth-order valence-corrected chi connectivity index (χ4v) is 5.07. The predicted octanol–water partition coefficient (Wildman–Crippen LogP) is 6.06. The third-order valence-corrected chi connectivity index (χ3v) is 7.04. The zero-order valence-electron chi connectivity index (χ0n) is 21.8. The fourth-order valence-electron chi connectivity index (χ4n) is 5.07. The first kappa shape index (κ1) is 25.6. The van der Waals surface area contributed by atoms with E-state index >= 15 is 0 Å². The lowest BCUT2D eigenvalue weighted by Gasteiger charge is -2.38. The Morgan fingerprint density at radius 1 is 1.02 bits per heavy atom. The molecule has 40 heavy (non-hydrogen) atoms. The Bertz CT molecular complexity index is 1580. The molecule has 3 heterocycles. The molecule has 0 saturated carbocycles.